The van der Waals surface area contributed by atoms with Crippen LogP contribution in [-0.2, 0) is 13.6 Å². The molecule has 0 radical (unpaired) electrons. The summed E-state index contributed by atoms with van der Waals surface area (Å²) in [7, 11) is 2.15. The van der Waals surface area contributed by atoms with Crippen LogP contribution in [0.15, 0.2) is 23.6 Å². The zero-order valence-electron chi connectivity index (χ0n) is 13.4. The van der Waals surface area contributed by atoms with Gasteiger partial charge >= 0.3 is 0 Å². The molecule has 1 aliphatic carbocycles. The second-order valence-corrected chi connectivity index (χ2v) is 7.35. The van der Waals surface area contributed by atoms with Gasteiger partial charge in [-0.25, -0.2) is 0 Å². The van der Waals surface area contributed by atoms with Crippen molar-refractivity contribution in [2.75, 3.05) is 0 Å². The molecule has 3 rings (SSSR count). The Bertz CT molecular complexity index is 577. The fraction of sp³-hybridized carbons (Fsp3) is 0.556. The van der Waals surface area contributed by atoms with Crippen LogP contribution in [0.1, 0.15) is 53.6 Å². The van der Waals surface area contributed by atoms with Crippen LogP contribution in [0.5, 0.6) is 0 Å². The topological polar surface area (TPSA) is 17.0 Å². The second kappa shape index (κ2) is 6.37. The molecule has 3 heteroatoms. The summed E-state index contributed by atoms with van der Waals surface area (Å²) < 4.78 is 2.28. The molecule has 1 aliphatic rings. The van der Waals surface area contributed by atoms with E-state index in [0.717, 1.165) is 12.5 Å². The van der Waals surface area contributed by atoms with Crippen LogP contribution < -0.4 is 5.32 Å². The van der Waals surface area contributed by atoms with Gasteiger partial charge in [-0.05, 0) is 55.7 Å². The van der Waals surface area contributed by atoms with E-state index in [0.29, 0.717) is 6.04 Å². The zero-order valence-corrected chi connectivity index (χ0v) is 14.2. The van der Waals surface area contributed by atoms with Crippen molar-refractivity contribution in [2.24, 2.45) is 13.0 Å². The third-order valence-electron chi connectivity index (χ3n) is 5.11. The number of rotatable bonds is 5. The molecule has 0 amide bonds. The highest BCUT2D eigenvalue weighted by molar-refractivity contribution is 7.10. The molecule has 114 valence electrons. The highest BCUT2D eigenvalue weighted by Gasteiger charge is 2.26. The molecule has 1 saturated carbocycles. The van der Waals surface area contributed by atoms with Gasteiger partial charge < -0.3 is 9.88 Å². The first-order chi connectivity index (χ1) is 10.2. The normalized spacial score (nSPS) is 17.5. The Balaban J connectivity index is 1.74. The van der Waals surface area contributed by atoms with Crippen molar-refractivity contribution < 1.29 is 0 Å². The Labute approximate surface area is 132 Å². The first kappa shape index (κ1) is 14.9. The average molecular weight is 302 g/mol. The minimum atomic E-state index is 0.535. The molecule has 0 saturated heterocycles. The van der Waals surface area contributed by atoms with E-state index in [4.69, 9.17) is 0 Å². The molecule has 2 heterocycles. The van der Waals surface area contributed by atoms with Crippen LogP contribution in [-0.4, -0.2) is 4.57 Å². The molecule has 0 bridgehead atoms. The zero-order chi connectivity index (χ0) is 14.8. The highest BCUT2D eigenvalue weighted by atomic mass is 32.1. The van der Waals surface area contributed by atoms with Crippen molar-refractivity contribution in [3.05, 3.63) is 45.4 Å². The fourth-order valence-corrected chi connectivity index (χ4v) is 4.48. The lowest BCUT2D eigenvalue weighted by Gasteiger charge is -2.24. The van der Waals surface area contributed by atoms with Crippen molar-refractivity contribution >= 4 is 11.3 Å². The maximum Gasteiger partial charge on any atom is 0.0446 e. The number of hydrogen-bond donors (Lipinski definition) is 1. The number of nitrogens with zero attached hydrogens (tertiary/aromatic N) is 1. The fourth-order valence-electron chi connectivity index (χ4n) is 3.59. The molecule has 2 aromatic heterocycles. The van der Waals surface area contributed by atoms with Gasteiger partial charge in [-0.2, -0.15) is 0 Å². The second-order valence-electron chi connectivity index (χ2n) is 6.37. The van der Waals surface area contributed by atoms with Crippen LogP contribution >= 0.6 is 11.3 Å². The van der Waals surface area contributed by atoms with Gasteiger partial charge in [-0.3, -0.25) is 0 Å². The molecular formula is C18H26N2S. The van der Waals surface area contributed by atoms with Gasteiger partial charge in [0, 0.05) is 35.9 Å². The standard InChI is InChI=1S/C18H26N2S/c1-13-11-16(14(2)20(13)3)12-19-18(15-7-4-5-8-15)17-9-6-10-21-17/h6,9-11,15,18-19H,4-5,7-8,12H2,1-3H3. The van der Waals surface area contributed by atoms with Gasteiger partial charge in [-0.15, -0.1) is 11.3 Å². The smallest absolute Gasteiger partial charge is 0.0446 e. The molecular weight excluding hydrogens is 276 g/mol. The summed E-state index contributed by atoms with van der Waals surface area (Å²) in [5.41, 5.74) is 4.17. The maximum absolute atomic E-state index is 3.86. The molecule has 2 aromatic rings. The van der Waals surface area contributed by atoms with Crippen LogP contribution in [0.3, 0.4) is 0 Å². The highest BCUT2D eigenvalue weighted by Crippen LogP contribution is 2.37. The van der Waals surface area contributed by atoms with Gasteiger partial charge in [0.2, 0.25) is 0 Å². The van der Waals surface area contributed by atoms with Crippen molar-refractivity contribution in [3.63, 3.8) is 0 Å². The first-order valence-corrected chi connectivity index (χ1v) is 8.93. The number of aromatic nitrogens is 1. The van der Waals surface area contributed by atoms with E-state index in [1.54, 1.807) is 0 Å². The van der Waals surface area contributed by atoms with Crippen LogP contribution in [0, 0.1) is 19.8 Å². The van der Waals surface area contributed by atoms with E-state index < -0.39 is 0 Å². The summed E-state index contributed by atoms with van der Waals surface area (Å²) in [5, 5.41) is 6.06. The van der Waals surface area contributed by atoms with Crippen molar-refractivity contribution in [1.29, 1.82) is 0 Å². The summed E-state index contributed by atoms with van der Waals surface area (Å²) in [4.78, 5) is 1.51. The predicted molar refractivity (Wildman–Crippen MR) is 90.7 cm³/mol. The summed E-state index contributed by atoms with van der Waals surface area (Å²) >= 11 is 1.90. The molecule has 1 fully saturated rings. The van der Waals surface area contributed by atoms with Gasteiger partial charge in [-0.1, -0.05) is 18.9 Å². The Morgan fingerprint density at radius 3 is 2.67 bits per heavy atom. The van der Waals surface area contributed by atoms with Gasteiger partial charge in [0.05, 0.1) is 0 Å². The van der Waals surface area contributed by atoms with Gasteiger partial charge in [0.25, 0.3) is 0 Å². The SMILES string of the molecule is Cc1cc(CNC(c2cccs2)C2CCCC2)c(C)n1C. The lowest BCUT2D eigenvalue weighted by molar-refractivity contribution is 0.370. The first-order valence-electron chi connectivity index (χ1n) is 8.05. The average Bonchev–Trinajstić information content (AvgIpc) is 3.21. The Morgan fingerprint density at radius 1 is 1.33 bits per heavy atom. The molecule has 1 atom stereocenters. The predicted octanol–water partition coefficient (Wildman–Crippen LogP) is 4.72. The van der Waals surface area contributed by atoms with E-state index in [-0.39, 0.29) is 0 Å². The number of thiophene rings is 1. The maximum atomic E-state index is 3.86. The van der Waals surface area contributed by atoms with E-state index in [9.17, 15) is 0 Å². The van der Waals surface area contributed by atoms with E-state index in [1.807, 2.05) is 11.3 Å². The summed E-state index contributed by atoms with van der Waals surface area (Å²) in [6.07, 6.45) is 5.56. The Kier molecular flexibility index (Phi) is 4.51. The van der Waals surface area contributed by atoms with E-state index in [1.165, 1.54) is 47.5 Å². The molecule has 2 nitrogen and oxygen atoms in total. The van der Waals surface area contributed by atoms with Gasteiger partial charge in [0.15, 0.2) is 0 Å². The lowest BCUT2D eigenvalue weighted by atomic mass is 9.96. The Morgan fingerprint density at radius 2 is 2.10 bits per heavy atom. The minimum absolute atomic E-state index is 0.535. The molecule has 1 unspecified atom stereocenters. The Hall–Kier alpha value is -1.06. The quantitative estimate of drug-likeness (QED) is 0.845. The molecule has 0 aliphatic heterocycles. The van der Waals surface area contributed by atoms with Crippen molar-refractivity contribution in [3.8, 4) is 0 Å². The van der Waals surface area contributed by atoms with E-state index >= 15 is 0 Å². The minimum Gasteiger partial charge on any atom is -0.352 e. The lowest BCUT2D eigenvalue weighted by Crippen LogP contribution is -2.26. The number of nitrogens with one attached hydrogen (secondary N) is 1. The summed E-state index contributed by atoms with van der Waals surface area (Å²) in [6, 6.07) is 7.33. The van der Waals surface area contributed by atoms with Crippen LogP contribution in [0.2, 0.25) is 0 Å². The number of hydrogen-bond acceptors (Lipinski definition) is 2. The molecule has 1 N–H and O–H groups in total. The van der Waals surface area contributed by atoms with E-state index in [2.05, 4.69) is 54.4 Å². The summed E-state index contributed by atoms with van der Waals surface area (Å²) in [5.74, 6) is 0.814. The largest absolute Gasteiger partial charge is 0.352 e. The van der Waals surface area contributed by atoms with Crippen molar-refractivity contribution in [1.82, 2.24) is 9.88 Å². The number of aryl methyl sites for hydroxylation is 1. The van der Waals surface area contributed by atoms with Crippen LogP contribution in [0.4, 0.5) is 0 Å². The molecule has 0 spiro atoms. The molecule has 0 aromatic carbocycles. The monoisotopic (exact) mass is 302 g/mol. The molecule has 21 heavy (non-hydrogen) atoms. The third kappa shape index (κ3) is 3.09. The van der Waals surface area contributed by atoms with Crippen molar-refractivity contribution in [2.45, 2.75) is 52.1 Å². The summed E-state index contributed by atoms with van der Waals surface area (Å²) in [6.45, 7) is 5.39. The van der Waals surface area contributed by atoms with Crippen LogP contribution in [0.25, 0.3) is 0 Å². The third-order valence-corrected chi connectivity index (χ3v) is 6.07. The van der Waals surface area contributed by atoms with Gasteiger partial charge in [0.1, 0.15) is 0 Å².